The second-order valence-corrected chi connectivity index (χ2v) is 13.0. The van der Waals surface area contributed by atoms with E-state index in [1.54, 1.807) is 40.6 Å². The van der Waals surface area contributed by atoms with Crippen molar-refractivity contribution >= 4 is 55.0 Å². The molecule has 2 unspecified atom stereocenters. The number of para-hydroxylation sites is 1. The number of likely N-dealkylation sites (N-methyl/N-ethyl adjacent to an activating group) is 1. The van der Waals surface area contributed by atoms with E-state index in [-0.39, 0.29) is 23.2 Å². The van der Waals surface area contributed by atoms with Crippen LogP contribution in [-0.4, -0.2) is 74.9 Å². The molecule has 0 saturated carbocycles. The molecule has 1 aliphatic heterocycles. The molecular formula is C28H39ClN4O4S2. The number of carbonyl (C=O) groups excluding carboxylic acids is 1. The van der Waals surface area contributed by atoms with Crippen LogP contribution >= 0.6 is 23.7 Å². The molecule has 11 heteroatoms. The summed E-state index contributed by atoms with van der Waals surface area (Å²) in [6.45, 7) is 12.3. The van der Waals surface area contributed by atoms with Gasteiger partial charge in [0.25, 0.3) is 5.91 Å². The van der Waals surface area contributed by atoms with E-state index >= 15 is 0 Å². The summed E-state index contributed by atoms with van der Waals surface area (Å²) >= 11 is 1.44. The number of piperidine rings is 1. The van der Waals surface area contributed by atoms with Gasteiger partial charge in [-0.25, -0.2) is 13.4 Å². The first-order valence-corrected chi connectivity index (χ1v) is 15.5. The van der Waals surface area contributed by atoms with E-state index in [2.05, 4.69) is 32.6 Å². The van der Waals surface area contributed by atoms with E-state index < -0.39 is 10.0 Å². The Morgan fingerprint density at radius 2 is 1.69 bits per heavy atom. The van der Waals surface area contributed by atoms with Gasteiger partial charge in [-0.05, 0) is 67.7 Å². The third-order valence-corrected chi connectivity index (χ3v) is 10.1. The Bertz CT molecular complexity index is 1350. The zero-order valence-electron chi connectivity index (χ0n) is 23.3. The first kappa shape index (κ1) is 31.3. The van der Waals surface area contributed by atoms with Crippen molar-refractivity contribution < 1.29 is 17.9 Å². The number of halogens is 1. The Morgan fingerprint density at radius 1 is 1.05 bits per heavy atom. The van der Waals surface area contributed by atoms with Crippen molar-refractivity contribution in [3.8, 4) is 5.75 Å². The van der Waals surface area contributed by atoms with Gasteiger partial charge in [0, 0.05) is 31.7 Å². The molecule has 3 aromatic rings. The second kappa shape index (κ2) is 13.4. The Morgan fingerprint density at radius 3 is 2.28 bits per heavy atom. The highest BCUT2D eigenvalue weighted by Crippen LogP contribution is 2.35. The highest BCUT2D eigenvalue weighted by Gasteiger charge is 2.32. The second-order valence-electron chi connectivity index (χ2n) is 10.1. The van der Waals surface area contributed by atoms with Crippen LogP contribution in [0.3, 0.4) is 0 Å². The number of anilines is 1. The highest BCUT2D eigenvalue weighted by molar-refractivity contribution is 7.89. The number of methoxy groups -OCH3 is 1. The van der Waals surface area contributed by atoms with Crippen LogP contribution in [0.25, 0.3) is 10.2 Å². The molecule has 1 amide bonds. The Hall–Kier alpha value is -2.24. The summed E-state index contributed by atoms with van der Waals surface area (Å²) in [6, 6.07) is 12.1. The van der Waals surface area contributed by atoms with Gasteiger partial charge in [0.15, 0.2) is 5.13 Å². The van der Waals surface area contributed by atoms with Crippen molar-refractivity contribution in [2.75, 3.05) is 51.3 Å². The van der Waals surface area contributed by atoms with Crippen molar-refractivity contribution in [2.45, 2.75) is 39.0 Å². The van der Waals surface area contributed by atoms with Crippen LogP contribution in [0, 0.1) is 11.8 Å². The number of hydrogen-bond acceptors (Lipinski definition) is 7. The molecule has 39 heavy (non-hydrogen) atoms. The smallest absolute Gasteiger partial charge is 0.260 e. The number of aromatic nitrogens is 1. The predicted octanol–water partition coefficient (Wildman–Crippen LogP) is 5.38. The summed E-state index contributed by atoms with van der Waals surface area (Å²) in [5.41, 5.74) is 1.15. The summed E-state index contributed by atoms with van der Waals surface area (Å²) in [7, 11) is -2.01. The monoisotopic (exact) mass is 594 g/mol. The summed E-state index contributed by atoms with van der Waals surface area (Å²) in [4.78, 5) is 22.7. The fourth-order valence-corrected chi connectivity index (χ4v) is 7.82. The molecule has 0 spiro atoms. The lowest BCUT2D eigenvalue weighted by molar-refractivity contribution is 0.0983. The van der Waals surface area contributed by atoms with E-state index in [0.717, 1.165) is 29.7 Å². The fourth-order valence-electron chi connectivity index (χ4n) is 5.13. The minimum atomic E-state index is -3.62. The number of benzene rings is 2. The maximum Gasteiger partial charge on any atom is 0.260 e. The van der Waals surface area contributed by atoms with E-state index in [0.29, 0.717) is 54.5 Å². The van der Waals surface area contributed by atoms with Gasteiger partial charge in [-0.3, -0.25) is 9.69 Å². The van der Waals surface area contributed by atoms with Crippen molar-refractivity contribution in [2.24, 2.45) is 11.8 Å². The van der Waals surface area contributed by atoms with Crippen molar-refractivity contribution in [3.05, 3.63) is 48.0 Å². The van der Waals surface area contributed by atoms with Crippen LogP contribution in [0.2, 0.25) is 0 Å². The quantitative estimate of drug-likeness (QED) is 0.313. The average molecular weight is 595 g/mol. The normalized spacial score (nSPS) is 18.2. The van der Waals surface area contributed by atoms with Crippen molar-refractivity contribution in [1.29, 1.82) is 0 Å². The zero-order valence-corrected chi connectivity index (χ0v) is 25.7. The van der Waals surface area contributed by atoms with Crippen molar-refractivity contribution in [3.63, 3.8) is 0 Å². The third kappa shape index (κ3) is 6.92. The van der Waals surface area contributed by atoms with Gasteiger partial charge in [0.05, 0.1) is 16.7 Å². The SMILES string of the molecule is CCN(CC)CCN(C(=O)c1ccc(S(=O)(=O)N2CC(C)CC(C)C2)cc1)c1nc2c(OC)cccc2s1.Cl. The Balaban J connectivity index is 0.00000420. The molecule has 1 fully saturated rings. The maximum absolute atomic E-state index is 13.8. The molecule has 1 aliphatic rings. The topological polar surface area (TPSA) is 83.1 Å². The van der Waals surface area contributed by atoms with E-state index in [4.69, 9.17) is 9.72 Å². The number of ether oxygens (including phenoxy) is 1. The average Bonchev–Trinajstić information content (AvgIpc) is 3.34. The van der Waals surface area contributed by atoms with Crippen LogP contribution in [0.15, 0.2) is 47.4 Å². The standard InChI is InChI=1S/C28H38N4O4S2.ClH/c1-6-30(7-2)15-16-32(28-29-26-24(36-5)9-8-10-25(26)37-28)27(33)22-11-13-23(14-12-22)38(34,35)31-18-20(3)17-21(4)19-31;/h8-14,20-21H,6-7,15-19H2,1-5H3;1H. The number of nitrogens with zero attached hydrogens (tertiary/aromatic N) is 4. The summed E-state index contributed by atoms with van der Waals surface area (Å²) in [6.07, 6.45) is 1.03. The number of thiazole rings is 1. The van der Waals surface area contributed by atoms with Gasteiger partial charge in [0.1, 0.15) is 11.3 Å². The number of hydrogen-bond donors (Lipinski definition) is 0. The highest BCUT2D eigenvalue weighted by atomic mass is 35.5. The van der Waals surface area contributed by atoms with Crippen molar-refractivity contribution in [1.82, 2.24) is 14.2 Å². The minimum Gasteiger partial charge on any atom is -0.494 e. The lowest BCUT2D eigenvalue weighted by atomic mass is 9.94. The summed E-state index contributed by atoms with van der Waals surface area (Å²) in [5.74, 6) is 1.10. The molecule has 0 radical (unpaired) electrons. The molecule has 4 rings (SSSR count). The van der Waals surface area contributed by atoms with Gasteiger partial charge in [-0.15, -0.1) is 12.4 Å². The number of amides is 1. The number of fused-ring (bicyclic) bond motifs is 1. The molecule has 2 atom stereocenters. The lowest BCUT2D eigenvalue weighted by Crippen LogP contribution is -2.42. The number of carbonyl (C=O) groups is 1. The molecule has 8 nitrogen and oxygen atoms in total. The van der Waals surface area contributed by atoms with Gasteiger partial charge in [-0.1, -0.05) is 45.1 Å². The molecule has 0 aliphatic carbocycles. The molecule has 2 heterocycles. The summed E-state index contributed by atoms with van der Waals surface area (Å²) < 4.78 is 34.6. The molecule has 0 bridgehead atoms. The molecule has 0 N–H and O–H groups in total. The van der Waals surface area contributed by atoms with Crippen LogP contribution in [-0.2, 0) is 10.0 Å². The first-order chi connectivity index (χ1) is 18.2. The van der Waals surface area contributed by atoms with Crippen LogP contribution in [0.4, 0.5) is 5.13 Å². The third-order valence-electron chi connectivity index (χ3n) is 7.18. The zero-order chi connectivity index (χ0) is 27.4. The number of rotatable bonds is 10. The van der Waals surface area contributed by atoms with E-state index in [9.17, 15) is 13.2 Å². The molecule has 1 aromatic heterocycles. The van der Waals surface area contributed by atoms with Gasteiger partial charge < -0.3 is 9.64 Å². The molecule has 214 valence electrons. The predicted molar refractivity (Wildman–Crippen MR) is 161 cm³/mol. The molecular weight excluding hydrogens is 556 g/mol. The molecule has 2 aromatic carbocycles. The minimum absolute atomic E-state index is 0. The van der Waals surface area contributed by atoms with E-state index in [1.807, 2.05) is 18.2 Å². The largest absolute Gasteiger partial charge is 0.494 e. The molecule has 1 saturated heterocycles. The Labute approximate surface area is 242 Å². The maximum atomic E-state index is 13.8. The number of sulfonamides is 1. The van der Waals surface area contributed by atoms with Gasteiger partial charge in [-0.2, -0.15) is 4.31 Å². The lowest BCUT2D eigenvalue weighted by Gasteiger charge is -2.34. The van der Waals surface area contributed by atoms with E-state index in [1.165, 1.54) is 11.3 Å². The van der Waals surface area contributed by atoms with Gasteiger partial charge in [0.2, 0.25) is 10.0 Å². The fraction of sp³-hybridized carbons (Fsp3) is 0.500. The summed E-state index contributed by atoms with van der Waals surface area (Å²) in [5, 5.41) is 0.592. The van der Waals surface area contributed by atoms with Gasteiger partial charge >= 0.3 is 0 Å². The van der Waals surface area contributed by atoms with Crippen LogP contribution < -0.4 is 9.64 Å². The first-order valence-electron chi connectivity index (χ1n) is 13.3. The van der Waals surface area contributed by atoms with Crippen LogP contribution in [0.1, 0.15) is 44.5 Å². The Kier molecular flexibility index (Phi) is 10.8. The van der Waals surface area contributed by atoms with Crippen LogP contribution in [0.5, 0.6) is 5.75 Å².